The second-order valence-electron chi connectivity index (χ2n) is 5.80. The van der Waals surface area contributed by atoms with E-state index < -0.39 is 9.84 Å². The van der Waals surface area contributed by atoms with Crippen LogP contribution in [-0.4, -0.2) is 57.7 Å². The summed E-state index contributed by atoms with van der Waals surface area (Å²) in [6, 6.07) is 6.67. The minimum absolute atomic E-state index is 0. The van der Waals surface area contributed by atoms with Gasteiger partial charge in [0.25, 0.3) is 0 Å². The maximum absolute atomic E-state index is 12.7. The minimum Gasteiger partial charge on any atom is -0.379 e. The average molecular weight is 438 g/mol. The molecule has 0 amide bonds. The predicted molar refractivity (Wildman–Crippen MR) is 107 cm³/mol. The molecule has 0 saturated carbocycles. The zero-order chi connectivity index (χ0) is 17.9. The largest absolute Gasteiger partial charge is 0.379 e. The predicted octanol–water partition coefficient (Wildman–Crippen LogP) is 3.10. The van der Waals surface area contributed by atoms with Gasteiger partial charge in [-0.05, 0) is 19.1 Å². The number of ether oxygens (including phenoxy) is 1. The average Bonchev–Trinajstić information content (AvgIpc) is 2.98. The van der Waals surface area contributed by atoms with Gasteiger partial charge in [0.1, 0.15) is 4.34 Å². The Labute approximate surface area is 168 Å². The van der Waals surface area contributed by atoms with Crippen molar-refractivity contribution in [3.05, 3.63) is 34.2 Å². The number of hydrogen-bond donors (Lipinski definition) is 1. The third-order valence-electron chi connectivity index (χ3n) is 3.95. The van der Waals surface area contributed by atoms with Gasteiger partial charge in [-0.15, -0.1) is 12.4 Å². The molecule has 1 N–H and O–H groups in total. The standard InChI is InChI=1S/C16H20ClN3O3S2.ClH/c1-12-2-4-13(5-3-12)25(21,22)15-14(17)24-16(19-15)18-6-7-20-8-10-23-11-9-20;/h2-5H,6-11H2,1H3,(H,18,19);1H. The van der Waals surface area contributed by atoms with E-state index in [-0.39, 0.29) is 26.7 Å². The summed E-state index contributed by atoms with van der Waals surface area (Å²) < 4.78 is 30.9. The van der Waals surface area contributed by atoms with Crippen molar-refractivity contribution in [2.24, 2.45) is 0 Å². The Morgan fingerprint density at radius 1 is 1.27 bits per heavy atom. The number of rotatable bonds is 6. The number of benzene rings is 1. The van der Waals surface area contributed by atoms with Gasteiger partial charge in [-0.1, -0.05) is 40.6 Å². The first-order valence-corrected chi connectivity index (χ1v) is 10.7. The molecular formula is C16H21Cl2N3O3S2. The van der Waals surface area contributed by atoms with E-state index >= 15 is 0 Å². The Balaban J connectivity index is 0.00000243. The minimum atomic E-state index is -3.71. The Bertz CT molecular complexity index is 820. The van der Waals surface area contributed by atoms with Gasteiger partial charge in [0.2, 0.25) is 9.84 Å². The number of morpholine rings is 1. The van der Waals surface area contributed by atoms with E-state index in [9.17, 15) is 8.42 Å². The summed E-state index contributed by atoms with van der Waals surface area (Å²) in [5.41, 5.74) is 0.994. The van der Waals surface area contributed by atoms with Crippen LogP contribution in [0.3, 0.4) is 0 Å². The van der Waals surface area contributed by atoms with Crippen molar-refractivity contribution in [2.45, 2.75) is 16.8 Å². The van der Waals surface area contributed by atoms with Crippen LogP contribution in [0.2, 0.25) is 4.34 Å². The van der Waals surface area contributed by atoms with Gasteiger partial charge < -0.3 is 10.1 Å². The smallest absolute Gasteiger partial charge is 0.226 e. The van der Waals surface area contributed by atoms with Crippen LogP contribution >= 0.6 is 35.3 Å². The Morgan fingerprint density at radius 3 is 2.58 bits per heavy atom. The van der Waals surface area contributed by atoms with Gasteiger partial charge in [-0.2, -0.15) is 0 Å². The first-order valence-electron chi connectivity index (χ1n) is 7.99. The third-order valence-corrected chi connectivity index (χ3v) is 7.10. The summed E-state index contributed by atoms with van der Waals surface area (Å²) in [6.45, 7) is 6.75. The van der Waals surface area contributed by atoms with Crippen molar-refractivity contribution in [2.75, 3.05) is 44.7 Å². The molecule has 1 saturated heterocycles. The SMILES string of the molecule is Cc1ccc(S(=O)(=O)c2nc(NCCN3CCOCC3)sc2Cl)cc1.Cl. The van der Waals surface area contributed by atoms with Crippen LogP contribution in [0.1, 0.15) is 5.56 Å². The number of aromatic nitrogens is 1. The van der Waals surface area contributed by atoms with E-state index in [0.717, 1.165) is 49.7 Å². The normalized spacial score (nSPS) is 15.5. The van der Waals surface area contributed by atoms with E-state index in [0.29, 0.717) is 11.7 Å². The van der Waals surface area contributed by atoms with Crippen LogP contribution in [0.25, 0.3) is 0 Å². The number of thiazole rings is 1. The molecule has 1 aliphatic heterocycles. The summed E-state index contributed by atoms with van der Waals surface area (Å²) in [4.78, 5) is 6.69. The molecule has 1 fully saturated rings. The van der Waals surface area contributed by atoms with Crippen LogP contribution in [0.4, 0.5) is 5.13 Å². The van der Waals surface area contributed by atoms with Gasteiger partial charge in [-0.25, -0.2) is 13.4 Å². The number of hydrogen-bond acceptors (Lipinski definition) is 7. The Kier molecular flexibility index (Phi) is 7.69. The molecule has 26 heavy (non-hydrogen) atoms. The first kappa shape index (κ1) is 21.4. The summed E-state index contributed by atoms with van der Waals surface area (Å²) in [5.74, 6) is 0. The van der Waals surface area contributed by atoms with Gasteiger partial charge in [-0.3, -0.25) is 4.90 Å². The zero-order valence-electron chi connectivity index (χ0n) is 14.3. The second-order valence-corrected chi connectivity index (χ2v) is 9.26. The topological polar surface area (TPSA) is 71.5 Å². The molecular weight excluding hydrogens is 417 g/mol. The lowest BCUT2D eigenvalue weighted by atomic mass is 10.2. The van der Waals surface area contributed by atoms with Gasteiger partial charge >= 0.3 is 0 Å². The summed E-state index contributed by atoms with van der Waals surface area (Å²) in [5, 5.41) is 3.59. The van der Waals surface area contributed by atoms with Crippen molar-refractivity contribution in [1.82, 2.24) is 9.88 Å². The molecule has 0 unspecified atom stereocenters. The van der Waals surface area contributed by atoms with Crippen LogP contribution in [-0.2, 0) is 14.6 Å². The highest BCUT2D eigenvalue weighted by Gasteiger charge is 2.25. The second kappa shape index (κ2) is 9.34. The lowest BCUT2D eigenvalue weighted by molar-refractivity contribution is 0.0398. The lowest BCUT2D eigenvalue weighted by Gasteiger charge is -2.26. The molecule has 2 heterocycles. The highest BCUT2D eigenvalue weighted by atomic mass is 35.5. The molecule has 1 aromatic heterocycles. The number of sulfone groups is 1. The molecule has 2 aromatic rings. The summed E-state index contributed by atoms with van der Waals surface area (Å²) in [6.07, 6.45) is 0. The molecule has 1 aliphatic rings. The van der Waals surface area contributed by atoms with E-state index in [1.807, 2.05) is 6.92 Å². The molecule has 3 rings (SSSR count). The molecule has 0 aliphatic carbocycles. The van der Waals surface area contributed by atoms with Crippen molar-refractivity contribution >= 4 is 50.3 Å². The maximum Gasteiger partial charge on any atom is 0.226 e. The van der Waals surface area contributed by atoms with Gasteiger partial charge in [0, 0.05) is 26.2 Å². The van der Waals surface area contributed by atoms with Crippen LogP contribution in [0, 0.1) is 6.92 Å². The first-order chi connectivity index (χ1) is 12.0. The fourth-order valence-electron chi connectivity index (χ4n) is 2.50. The van der Waals surface area contributed by atoms with E-state index in [1.165, 1.54) is 0 Å². The van der Waals surface area contributed by atoms with E-state index in [1.54, 1.807) is 24.3 Å². The Hall–Kier alpha value is -0.900. The monoisotopic (exact) mass is 437 g/mol. The highest BCUT2D eigenvalue weighted by Crippen LogP contribution is 2.34. The fraction of sp³-hybridized carbons (Fsp3) is 0.438. The van der Waals surface area contributed by atoms with Crippen LogP contribution < -0.4 is 5.32 Å². The molecule has 0 bridgehead atoms. The molecule has 10 heteroatoms. The molecule has 0 spiro atoms. The van der Waals surface area contributed by atoms with Gasteiger partial charge in [0.15, 0.2) is 10.2 Å². The molecule has 0 atom stereocenters. The molecule has 1 aromatic carbocycles. The Morgan fingerprint density at radius 2 is 1.92 bits per heavy atom. The van der Waals surface area contributed by atoms with Crippen molar-refractivity contribution < 1.29 is 13.2 Å². The third kappa shape index (κ3) is 5.09. The van der Waals surface area contributed by atoms with Crippen molar-refractivity contribution in [3.8, 4) is 0 Å². The zero-order valence-corrected chi connectivity index (χ0v) is 17.5. The number of nitrogens with zero attached hydrogens (tertiary/aromatic N) is 2. The number of halogens is 2. The quantitative estimate of drug-likeness (QED) is 0.748. The maximum atomic E-state index is 12.7. The summed E-state index contributed by atoms with van der Waals surface area (Å²) >= 11 is 7.29. The van der Waals surface area contributed by atoms with Crippen molar-refractivity contribution in [3.63, 3.8) is 0 Å². The number of nitrogens with one attached hydrogen (secondary N) is 1. The molecule has 6 nitrogen and oxygen atoms in total. The van der Waals surface area contributed by atoms with Gasteiger partial charge in [0.05, 0.1) is 18.1 Å². The van der Waals surface area contributed by atoms with Crippen molar-refractivity contribution in [1.29, 1.82) is 0 Å². The van der Waals surface area contributed by atoms with E-state index in [2.05, 4.69) is 15.2 Å². The lowest BCUT2D eigenvalue weighted by Crippen LogP contribution is -2.38. The fourth-order valence-corrected chi connectivity index (χ4v) is 5.34. The molecule has 144 valence electrons. The van der Waals surface area contributed by atoms with Crippen LogP contribution in [0.5, 0.6) is 0 Å². The van der Waals surface area contributed by atoms with E-state index in [4.69, 9.17) is 16.3 Å². The summed E-state index contributed by atoms with van der Waals surface area (Å²) in [7, 11) is -3.71. The number of aryl methyl sites for hydroxylation is 1. The van der Waals surface area contributed by atoms with Crippen LogP contribution in [0.15, 0.2) is 34.2 Å². The highest BCUT2D eigenvalue weighted by molar-refractivity contribution is 7.91. The number of anilines is 1. The molecule has 0 radical (unpaired) electrons.